The first-order valence-electron chi connectivity index (χ1n) is 6.53. The van der Waals surface area contributed by atoms with Crippen molar-refractivity contribution in [2.24, 2.45) is 0 Å². The molecule has 0 aliphatic carbocycles. The monoisotopic (exact) mass is 291 g/mol. The summed E-state index contributed by atoms with van der Waals surface area (Å²) in [7, 11) is 0. The summed E-state index contributed by atoms with van der Waals surface area (Å²) in [6, 6.07) is 9.59. The summed E-state index contributed by atoms with van der Waals surface area (Å²) in [5.74, 6) is -1.89. The van der Waals surface area contributed by atoms with Gasteiger partial charge in [-0.15, -0.1) is 0 Å². The molecule has 0 heterocycles. The Morgan fingerprint density at radius 2 is 1.81 bits per heavy atom. The van der Waals surface area contributed by atoms with Crippen LogP contribution in [0, 0.1) is 11.6 Å². The maximum Gasteiger partial charge on any atom is 0.335 e. The Morgan fingerprint density at radius 3 is 2.38 bits per heavy atom. The van der Waals surface area contributed by atoms with Crippen molar-refractivity contribution in [3.05, 3.63) is 65.2 Å². The van der Waals surface area contributed by atoms with Crippen LogP contribution in [0.15, 0.2) is 42.5 Å². The van der Waals surface area contributed by atoms with Gasteiger partial charge < -0.3 is 10.0 Å². The van der Waals surface area contributed by atoms with E-state index in [4.69, 9.17) is 5.11 Å². The predicted octanol–water partition coefficient (Wildman–Crippen LogP) is 3.69. The second-order valence-corrected chi connectivity index (χ2v) is 4.60. The summed E-state index contributed by atoms with van der Waals surface area (Å²) in [4.78, 5) is 12.8. The van der Waals surface area contributed by atoms with Crippen molar-refractivity contribution in [2.75, 3.05) is 11.4 Å². The molecule has 2 aromatic carbocycles. The number of hydrogen-bond acceptors (Lipinski definition) is 2. The second kappa shape index (κ2) is 6.35. The summed E-state index contributed by atoms with van der Waals surface area (Å²) in [6.45, 7) is 2.69. The maximum atomic E-state index is 13.8. The molecule has 0 saturated heterocycles. The minimum Gasteiger partial charge on any atom is -0.478 e. The normalized spacial score (nSPS) is 10.4. The van der Waals surface area contributed by atoms with E-state index in [1.54, 1.807) is 12.1 Å². The van der Waals surface area contributed by atoms with Crippen molar-refractivity contribution >= 4 is 11.7 Å². The first kappa shape index (κ1) is 15.0. The molecule has 0 unspecified atom stereocenters. The molecule has 0 radical (unpaired) electrons. The van der Waals surface area contributed by atoms with Gasteiger partial charge in [0.15, 0.2) is 0 Å². The molecule has 1 N–H and O–H groups in total. The molecule has 0 aliphatic rings. The van der Waals surface area contributed by atoms with Crippen LogP contribution in [-0.2, 0) is 6.54 Å². The van der Waals surface area contributed by atoms with Crippen LogP contribution in [0.5, 0.6) is 0 Å². The number of carboxylic acids is 1. The van der Waals surface area contributed by atoms with Crippen LogP contribution in [-0.4, -0.2) is 17.6 Å². The van der Waals surface area contributed by atoms with Gasteiger partial charge in [-0.2, -0.15) is 0 Å². The molecule has 0 amide bonds. The van der Waals surface area contributed by atoms with Gasteiger partial charge in [0.05, 0.1) is 5.56 Å². The lowest BCUT2D eigenvalue weighted by Gasteiger charge is -2.23. The fourth-order valence-electron chi connectivity index (χ4n) is 2.07. The molecule has 0 aromatic heterocycles. The third-order valence-corrected chi connectivity index (χ3v) is 3.23. The van der Waals surface area contributed by atoms with Crippen LogP contribution in [0.25, 0.3) is 0 Å². The topological polar surface area (TPSA) is 40.5 Å². The van der Waals surface area contributed by atoms with Crippen molar-refractivity contribution in [3.63, 3.8) is 0 Å². The third-order valence-electron chi connectivity index (χ3n) is 3.23. The third kappa shape index (κ3) is 3.56. The van der Waals surface area contributed by atoms with E-state index in [1.807, 2.05) is 11.8 Å². The fourth-order valence-corrected chi connectivity index (χ4v) is 2.07. The van der Waals surface area contributed by atoms with Gasteiger partial charge in [-0.25, -0.2) is 13.6 Å². The number of aromatic carboxylic acids is 1. The Kier molecular flexibility index (Phi) is 4.52. The Morgan fingerprint density at radius 1 is 1.14 bits per heavy atom. The summed E-state index contributed by atoms with van der Waals surface area (Å²) in [5, 5.41) is 8.96. The van der Waals surface area contributed by atoms with Crippen LogP contribution >= 0.6 is 0 Å². The summed E-state index contributed by atoms with van der Waals surface area (Å²) >= 11 is 0. The largest absolute Gasteiger partial charge is 0.478 e. The Bertz CT molecular complexity index is 641. The SMILES string of the molecule is CCN(Cc1cc(C(=O)O)ccc1F)c1ccc(F)cc1. The Labute approximate surface area is 121 Å². The molecular formula is C16H15F2NO2. The van der Waals surface area contributed by atoms with E-state index in [0.29, 0.717) is 12.1 Å². The first-order valence-corrected chi connectivity index (χ1v) is 6.53. The van der Waals surface area contributed by atoms with Crippen LogP contribution in [0.3, 0.4) is 0 Å². The van der Waals surface area contributed by atoms with Gasteiger partial charge in [0.2, 0.25) is 0 Å². The van der Waals surface area contributed by atoms with Gasteiger partial charge in [-0.3, -0.25) is 0 Å². The fraction of sp³-hybridized carbons (Fsp3) is 0.188. The van der Waals surface area contributed by atoms with Crippen molar-refractivity contribution in [2.45, 2.75) is 13.5 Å². The van der Waals surface area contributed by atoms with E-state index in [2.05, 4.69) is 0 Å². The quantitative estimate of drug-likeness (QED) is 0.913. The molecule has 21 heavy (non-hydrogen) atoms. The second-order valence-electron chi connectivity index (χ2n) is 4.60. The Balaban J connectivity index is 2.28. The van der Waals surface area contributed by atoms with Gasteiger partial charge >= 0.3 is 5.97 Å². The van der Waals surface area contributed by atoms with Crippen molar-refractivity contribution in [1.82, 2.24) is 0 Å². The van der Waals surface area contributed by atoms with Crippen molar-refractivity contribution in [1.29, 1.82) is 0 Å². The van der Waals surface area contributed by atoms with Gasteiger partial charge in [0, 0.05) is 24.3 Å². The number of anilines is 1. The zero-order valence-corrected chi connectivity index (χ0v) is 11.5. The first-order chi connectivity index (χ1) is 10.0. The minimum atomic E-state index is -1.10. The van der Waals surface area contributed by atoms with Gasteiger partial charge in [-0.1, -0.05) is 0 Å². The molecule has 0 aliphatic heterocycles. The van der Waals surface area contributed by atoms with Crippen LogP contribution < -0.4 is 4.90 Å². The summed E-state index contributed by atoms with van der Waals surface area (Å²) < 4.78 is 26.8. The van der Waals surface area contributed by atoms with Gasteiger partial charge in [0.25, 0.3) is 0 Å². The zero-order valence-electron chi connectivity index (χ0n) is 11.5. The van der Waals surface area contributed by atoms with E-state index in [9.17, 15) is 13.6 Å². The smallest absolute Gasteiger partial charge is 0.335 e. The highest BCUT2D eigenvalue weighted by Gasteiger charge is 2.12. The highest BCUT2D eigenvalue weighted by molar-refractivity contribution is 5.87. The lowest BCUT2D eigenvalue weighted by molar-refractivity contribution is 0.0696. The van der Waals surface area contributed by atoms with Gasteiger partial charge in [0.1, 0.15) is 11.6 Å². The lowest BCUT2D eigenvalue weighted by Crippen LogP contribution is -2.22. The average molecular weight is 291 g/mol. The highest BCUT2D eigenvalue weighted by atomic mass is 19.1. The molecule has 2 aromatic rings. The molecule has 0 saturated carbocycles. The van der Waals surface area contributed by atoms with Gasteiger partial charge in [-0.05, 0) is 49.4 Å². The lowest BCUT2D eigenvalue weighted by atomic mass is 10.1. The average Bonchev–Trinajstić information content (AvgIpc) is 2.47. The highest BCUT2D eigenvalue weighted by Crippen LogP contribution is 2.20. The van der Waals surface area contributed by atoms with E-state index in [-0.39, 0.29) is 17.9 Å². The van der Waals surface area contributed by atoms with E-state index < -0.39 is 11.8 Å². The number of nitrogens with zero attached hydrogens (tertiary/aromatic N) is 1. The predicted molar refractivity (Wildman–Crippen MR) is 76.5 cm³/mol. The van der Waals surface area contributed by atoms with Crippen LogP contribution in [0.1, 0.15) is 22.8 Å². The van der Waals surface area contributed by atoms with E-state index in [0.717, 1.165) is 11.8 Å². The molecule has 110 valence electrons. The number of benzene rings is 2. The number of halogens is 2. The number of carbonyl (C=O) groups is 1. The summed E-state index contributed by atoms with van der Waals surface area (Å²) in [6.07, 6.45) is 0. The zero-order chi connectivity index (χ0) is 15.4. The molecule has 3 nitrogen and oxygen atoms in total. The standard InChI is InChI=1S/C16H15F2NO2/c1-2-19(14-6-4-13(17)5-7-14)10-12-9-11(16(20)21)3-8-15(12)18/h3-9H,2,10H2,1H3,(H,20,21). The summed E-state index contributed by atoms with van der Waals surface area (Å²) in [5.41, 5.74) is 1.08. The molecule has 0 spiro atoms. The van der Waals surface area contributed by atoms with E-state index >= 15 is 0 Å². The van der Waals surface area contributed by atoms with Crippen molar-refractivity contribution in [3.8, 4) is 0 Å². The molecule has 0 fully saturated rings. The number of hydrogen-bond donors (Lipinski definition) is 1. The molecular weight excluding hydrogens is 276 g/mol. The number of carboxylic acid groups (broad SMARTS) is 1. The molecule has 0 bridgehead atoms. The molecule has 0 atom stereocenters. The van der Waals surface area contributed by atoms with Crippen molar-refractivity contribution < 1.29 is 18.7 Å². The molecule has 2 rings (SSSR count). The van der Waals surface area contributed by atoms with Crippen LogP contribution in [0.4, 0.5) is 14.5 Å². The maximum absolute atomic E-state index is 13.8. The van der Waals surface area contributed by atoms with Crippen LogP contribution in [0.2, 0.25) is 0 Å². The minimum absolute atomic E-state index is 0.0431. The Hall–Kier alpha value is -2.43. The molecule has 5 heteroatoms. The van der Waals surface area contributed by atoms with E-state index in [1.165, 1.54) is 24.3 Å². The number of rotatable bonds is 5.